The van der Waals surface area contributed by atoms with E-state index in [0.29, 0.717) is 23.7 Å². The van der Waals surface area contributed by atoms with E-state index >= 15 is 0 Å². The Bertz CT molecular complexity index is 784. The van der Waals surface area contributed by atoms with E-state index < -0.39 is 12.2 Å². The van der Waals surface area contributed by atoms with Crippen LogP contribution in [0.2, 0.25) is 0 Å². The molecule has 4 aliphatic rings. The molecule has 0 aromatic heterocycles. The Morgan fingerprint density at radius 3 is 2.40 bits per heavy atom. The lowest BCUT2D eigenvalue weighted by Gasteiger charge is -2.58. The summed E-state index contributed by atoms with van der Waals surface area (Å²) in [5.74, 6) is 3.42. The predicted octanol–water partition coefficient (Wildman–Crippen LogP) is 7.06. The molecule has 35 heavy (non-hydrogen) atoms. The van der Waals surface area contributed by atoms with Crippen molar-refractivity contribution in [2.75, 3.05) is 6.61 Å². The highest BCUT2D eigenvalue weighted by molar-refractivity contribution is 5.40. The van der Waals surface area contributed by atoms with Crippen LogP contribution in [-0.2, 0) is 0 Å². The van der Waals surface area contributed by atoms with E-state index in [9.17, 15) is 10.2 Å². The summed E-state index contributed by atoms with van der Waals surface area (Å²) in [7, 11) is 0. The van der Waals surface area contributed by atoms with Gasteiger partial charge in [-0.15, -0.1) is 0 Å². The average molecular weight is 487 g/mol. The van der Waals surface area contributed by atoms with E-state index in [1.807, 2.05) is 0 Å². The van der Waals surface area contributed by atoms with Gasteiger partial charge in [-0.1, -0.05) is 90.0 Å². The predicted molar refractivity (Wildman–Crippen MR) is 145 cm³/mol. The highest BCUT2D eigenvalue weighted by Gasteiger charge is 2.60. The molecule has 4 rings (SSSR count). The van der Waals surface area contributed by atoms with Crippen LogP contribution in [0.4, 0.5) is 0 Å². The number of allylic oxidation sites excluding steroid dienone is 3. The second kappa shape index (κ2) is 11.0. The zero-order chi connectivity index (χ0) is 25.4. The zero-order valence-corrected chi connectivity index (χ0v) is 23.3. The first-order valence-electron chi connectivity index (χ1n) is 15.0. The average Bonchev–Trinajstić information content (AvgIpc) is 3.16. The molecule has 0 radical (unpaired) electrons. The first-order chi connectivity index (χ1) is 16.6. The minimum Gasteiger partial charge on any atom is -0.396 e. The molecular formula is C32H54O3. The van der Waals surface area contributed by atoms with Gasteiger partial charge in [0.1, 0.15) is 0 Å². The van der Waals surface area contributed by atoms with Crippen molar-refractivity contribution in [2.24, 2.45) is 46.3 Å². The fraction of sp³-hybridized carbons (Fsp3) is 0.875. The topological polar surface area (TPSA) is 60.7 Å². The second-order valence-corrected chi connectivity index (χ2v) is 13.7. The van der Waals surface area contributed by atoms with Crippen LogP contribution < -0.4 is 0 Å². The van der Waals surface area contributed by atoms with Crippen molar-refractivity contribution in [3.63, 3.8) is 0 Å². The normalized spacial score (nSPS) is 41.6. The molecule has 0 unspecified atom stereocenters. The van der Waals surface area contributed by atoms with E-state index in [0.717, 1.165) is 43.4 Å². The van der Waals surface area contributed by atoms with Crippen molar-refractivity contribution < 1.29 is 15.3 Å². The number of hydrogen-bond donors (Lipinski definition) is 3. The molecule has 0 aromatic rings. The molecule has 4 aliphatic carbocycles. The Morgan fingerprint density at radius 2 is 1.69 bits per heavy atom. The third-order valence-electron chi connectivity index (χ3n) is 11.3. The van der Waals surface area contributed by atoms with Crippen LogP contribution in [0, 0.1) is 46.3 Å². The molecule has 3 nitrogen and oxygen atoms in total. The van der Waals surface area contributed by atoms with Crippen LogP contribution >= 0.6 is 0 Å². The van der Waals surface area contributed by atoms with Crippen molar-refractivity contribution in [3.8, 4) is 0 Å². The lowest BCUT2D eigenvalue weighted by molar-refractivity contribution is -0.100. The minimum absolute atomic E-state index is 0.0548. The van der Waals surface area contributed by atoms with Gasteiger partial charge in [0.15, 0.2) is 0 Å². The van der Waals surface area contributed by atoms with Crippen LogP contribution in [0.3, 0.4) is 0 Å². The monoisotopic (exact) mass is 486 g/mol. The van der Waals surface area contributed by atoms with Gasteiger partial charge < -0.3 is 15.3 Å². The van der Waals surface area contributed by atoms with Crippen LogP contribution in [-0.4, -0.2) is 34.1 Å². The maximum absolute atomic E-state index is 11.8. The Labute approximate surface area is 215 Å². The Kier molecular flexibility index (Phi) is 8.61. The molecule has 0 spiro atoms. The molecule has 0 amide bonds. The van der Waals surface area contributed by atoms with Gasteiger partial charge in [0.05, 0.1) is 12.2 Å². The molecule has 3 saturated carbocycles. The Hall–Kier alpha value is -0.640. The number of fused-ring (bicyclic) bond motifs is 5. The molecule has 3 heteroatoms. The summed E-state index contributed by atoms with van der Waals surface area (Å²) in [6, 6.07) is 0. The summed E-state index contributed by atoms with van der Waals surface area (Å²) in [4.78, 5) is 0. The number of rotatable bonds is 10. The third kappa shape index (κ3) is 4.96. The van der Waals surface area contributed by atoms with E-state index in [2.05, 4.69) is 46.8 Å². The van der Waals surface area contributed by atoms with Gasteiger partial charge in [-0.2, -0.15) is 0 Å². The standard InChI is InChI=1S/C32H54O3/c1-21(2)10-9-11-22(3)26-15-16-27-24-14-13-23-20-29(34)25(12-7-6-8-19-33)30(35)32(23,5)28(24)17-18-31(26,27)4/h13-14,21-22,25-30,33-35H,6-12,15-20H2,1-5H3/t22-,25-,26-,27+,28+,29-,30+,31-,32+/m1/s1. The number of unbranched alkanes of at least 4 members (excludes halogenated alkanes) is 2. The molecule has 0 bridgehead atoms. The number of aliphatic hydroxyl groups excluding tert-OH is 3. The molecular weight excluding hydrogens is 432 g/mol. The van der Waals surface area contributed by atoms with Gasteiger partial charge in [-0.05, 0) is 80.0 Å². The summed E-state index contributed by atoms with van der Waals surface area (Å²) < 4.78 is 0. The zero-order valence-electron chi connectivity index (χ0n) is 23.3. The van der Waals surface area contributed by atoms with Crippen molar-refractivity contribution >= 4 is 0 Å². The second-order valence-electron chi connectivity index (χ2n) is 13.7. The summed E-state index contributed by atoms with van der Waals surface area (Å²) in [5.41, 5.74) is 3.05. The summed E-state index contributed by atoms with van der Waals surface area (Å²) in [6.45, 7) is 12.3. The van der Waals surface area contributed by atoms with Crippen LogP contribution in [0.1, 0.15) is 112 Å². The first kappa shape index (κ1) is 27.4. The molecule has 9 atom stereocenters. The van der Waals surface area contributed by atoms with Gasteiger partial charge in [-0.25, -0.2) is 0 Å². The fourth-order valence-electron chi connectivity index (χ4n) is 9.23. The van der Waals surface area contributed by atoms with Crippen molar-refractivity contribution in [1.82, 2.24) is 0 Å². The van der Waals surface area contributed by atoms with Gasteiger partial charge in [0.25, 0.3) is 0 Å². The molecule has 3 N–H and O–H groups in total. The summed E-state index contributed by atoms with van der Waals surface area (Å²) in [6.07, 6.45) is 17.3. The van der Waals surface area contributed by atoms with Gasteiger partial charge >= 0.3 is 0 Å². The summed E-state index contributed by atoms with van der Waals surface area (Å²) in [5, 5.41) is 31.9. The van der Waals surface area contributed by atoms with E-state index in [1.54, 1.807) is 5.57 Å². The first-order valence-corrected chi connectivity index (χ1v) is 15.0. The maximum atomic E-state index is 11.8. The molecule has 0 saturated heterocycles. The Balaban J connectivity index is 1.51. The largest absolute Gasteiger partial charge is 0.396 e. The van der Waals surface area contributed by atoms with E-state index in [-0.39, 0.29) is 17.9 Å². The quantitative estimate of drug-likeness (QED) is 0.290. The maximum Gasteiger partial charge on any atom is 0.0689 e. The van der Waals surface area contributed by atoms with Gasteiger partial charge in [0, 0.05) is 17.9 Å². The highest BCUT2D eigenvalue weighted by atomic mass is 16.3. The van der Waals surface area contributed by atoms with Crippen molar-refractivity contribution in [1.29, 1.82) is 0 Å². The van der Waals surface area contributed by atoms with Gasteiger partial charge in [0.2, 0.25) is 0 Å². The fourth-order valence-corrected chi connectivity index (χ4v) is 9.23. The lowest BCUT2D eigenvalue weighted by atomic mass is 9.48. The Morgan fingerprint density at radius 1 is 0.914 bits per heavy atom. The summed E-state index contributed by atoms with van der Waals surface area (Å²) >= 11 is 0. The third-order valence-corrected chi connectivity index (χ3v) is 11.3. The van der Waals surface area contributed by atoms with Crippen molar-refractivity contribution in [2.45, 2.75) is 124 Å². The number of hydrogen-bond acceptors (Lipinski definition) is 3. The molecule has 0 heterocycles. The lowest BCUT2D eigenvalue weighted by Crippen LogP contribution is -2.56. The van der Waals surface area contributed by atoms with E-state index in [1.165, 1.54) is 50.5 Å². The number of aliphatic hydroxyl groups is 3. The van der Waals surface area contributed by atoms with Gasteiger partial charge in [-0.3, -0.25) is 0 Å². The minimum atomic E-state index is -0.489. The molecule has 0 aromatic carbocycles. The molecule has 0 aliphatic heterocycles. The van der Waals surface area contributed by atoms with E-state index in [4.69, 9.17) is 5.11 Å². The highest BCUT2D eigenvalue weighted by Crippen LogP contribution is 2.66. The van der Waals surface area contributed by atoms with Crippen LogP contribution in [0.15, 0.2) is 23.3 Å². The smallest absolute Gasteiger partial charge is 0.0689 e. The van der Waals surface area contributed by atoms with Crippen LogP contribution in [0.25, 0.3) is 0 Å². The molecule has 200 valence electrons. The molecule has 3 fully saturated rings. The SMILES string of the molecule is CC(C)CCC[C@@H](C)[C@H]1CC[C@H]2C3=CC=C4C[C@@H](O)[C@@H](CCCCCO)[C@H](O)[C@]4(C)[C@H]3CC[C@]12C. The van der Waals surface area contributed by atoms with Crippen LogP contribution in [0.5, 0.6) is 0 Å². The van der Waals surface area contributed by atoms with Crippen molar-refractivity contribution in [3.05, 3.63) is 23.3 Å².